The van der Waals surface area contributed by atoms with Crippen LogP contribution in [0, 0.1) is 0 Å². The fourth-order valence-electron chi connectivity index (χ4n) is 2.92. The number of carbonyl (C=O) groups is 1. The molecule has 0 aliphatic carbocycles. The number of ether oxygens (including phenoxy) is 2. The van der Waals surface area contributed by atoms with Gasteiger partial charge in [-0.3, -0.25) is 4.79 Å². The molecule has 0 unspecified atom stereocenters. The zero-order valence-electron chi connectivity index (χ0n) is 15.5. The normalized spacial score (nSPS) is 13.0. The van der Waals surface area contributed by atoms with E-state index in [-0.39, 0.29) is 5.91 Å². The van der Waals surface area contributed by atoms with Crippen LogP contribution in [-0.4, -0.2) is 32.7 Å². The summed E-state index contributed by atoms with van der Waals surface area (Å²) in [6.45, 7) is 4.31. The van der Waals surface area contributed by atoms with Crippen LogP contribution in [0.5, 0.6) is 11.5 Å². The smallest absolute Gasteiger partial charge is 0.224 e. The molecule has 26 heavy (non-hydrogen) atoms. The van der Waals surface area contributed by atoms with Crippen molar-refractivity contribution in [3.63, 3.8) is 0 Å². The molecule has 0 bridgehead atoms. The van der Waals surface area contributed by atoms with Crippen molar-refractivity contribution >= 4 is 17.3 Å². The van der Waals surface area contributed by atoms with Crippen LogP contribution in [0.3, 0.4) is 0 Å². The van der Waals surface area contributed by atoms with E-state index in [1.165, 1.54) is 0 Å². The van der Waals surface area contributed by atoms with Gasteiger partial charge in [0.25, 0.3) is 0 Å². The molecule has 0 atom stereocenters. The Hall–Kier alpha value is -2.69. The summed E-state index contributed by atoms with van der Waals surface area (Å²) in [5, 5.41) is 3.03. The first kappa shape index (κ1) is 18.1. The summed E-state index contributed by atoms with van der Waals surface area (Å²) in [5.41, 5.74) is 2.95. The molecule has 5 nitrogen and oxygen atoms in total. The van der Waals surface area contributed by atoms with Crippen LogP contribution in [-0.2, 0) is 11.2 Å². The van der Waals surface area contributed by atoms with E-state index in [0.29, 0.717) is 26.1 Å². The summed E-state index contributed by atoms with van der Waals surface area (Å²) in [6, 6.07) is 13.8. The molecular formula is C21H26N2O3. The molecule has 138 valence electrons. The van der Waals surface area contributed by atoms with Gasteiger partial charge >= 0.3 is 0 Å². The molecular weight excluding hydrogens is 328 g/mol. The van der Waals surface area contributed by atoms with Gasteiger partial charge in [0, 0.05) is 26.4 Å². The topological polar surface area (TPSA) is 50.8 Å². The molecule has 2 aromatic carbocycles. The maximum atomic E-state index is 12.4. The standard InChI is InChI=1S/C21H26N2O3/c1-3-23(2)18-8-5-4-7-17(18)22-21(24)12-10-16-9-11-19-20(15-16)26-14-6-13-25-19/h4-5,7-9,11,15H,3,6,10,12-14H2,1-2H3,(H,22,24). The van der Waals surface area contributed by atoms with Crippen molar-refractivity contribution < 1.29 is 14.3 Å². The van der Waals surface area contributed by atoms with E-state index in [9.17, 15) is 4.79 Å². The first-order valence-corrected chi connectivity index (χ1v) is 9.16. The molecule has 0 saturated heterocycles. The molecule has 1 heterocycles. The predicted octanol–water partition coefficient (Wildman–Crippen LogP) is 3.88. The lowest BCUT2D eigenvalue weighted by Gasteiger charge is -2.20. The highest BCUT2D eigenvalue weighted by Gasteiger charge is 2.12. The minimum absolute atomic E-state index is 0.00839. The fraction of sp³-hybridized carbons (Fsp3) is 0.381. The third-order valence-electron chi connectivity index (χ3n) is 4.52. The Morgan fingerprint density at radius 2 is 1.88 bits per heavy atom. The van der Waals surface area contributed by atoms with Crippen molar-refractivity contribution in [3.05, 3.63) is 48.0 Å². The van der Waals surface area contributed by atoms with Gasteiger partial charge in [0.2, 0.25) is 5.91 Å². The van der Waals surface area contributed by atoms with Gasteiger partial charge in [-0.05, 0) is 43.2 Å². The number of benzene rings is 2. The van der Waals surface area contributed by atoms with Gasteiger partial charge in [-0.1, -0.05) is 18.2 Å². The van der Waals surface area contributed by atoms with Crippen LogP contribution in [0.4, 0.5) is 11.4 Å². The number of fused-ring (bicyclic) bond motifs is 1. The van der Waals surface area contributed by atoms with Gasteiger partial charge in [-0.15, -0.1) is 0 Å². The Morgan fingerprint density at radius 1 is 1.12 bits per heavy atom. The highest BCUT2D eigenvalue weighted by molar-refractivity contribution is 5.94. The Balaban J connectivity index is 1.61. The molecule has 0 aromatic heterocycles. The maximum absolute atomic E-state index is 12.4. The van der Waals surface area contributed by atoms with Gasteiger partial charge in [-0.2, -0.15) is 0 Å². The summed E-state index contributed by atoms with van der Waals surface area (Å²) >= 11 is 0. The van der Waals surface area contributed by atoms with Crippen molar-refractivity contribution in [2.45, 2.75) is 26.2 Å². The third-order valence-corrected chi connectivity index (χ3v) is 4.52. The molecule has 1 amide bonds. The molecule has 0 radical (unpaired) electrons. The average Bonchev–Trinajstić information content (AvgIpc) is 2.91. The zero-order valence-corrected chi connectivity index (χ0v) is 15.5. The number of hydrogen-bond acceptors (Lipinski definition) is 4. The van der Waals surface area contributed by atoms with Gasteiger partial charge in [0.05, 0.1) is 24.6 Å². The lowest BCUT2D eigenvalue weighted by Crippen LogP contribution is -2.20. The second-order valence-electron chi connectivity index (χ2n) is 6.41. The molecule has 5 heteroatoms. The Morgan fingerprint density at radius 3 is 2.69 bits per heavy atom. The second kappa shape index (κ2) is 8.61. The molecule has 0 saturated carbocycles. The van der Waals surface area contributed by atoms with Crippen molar-refractivity contribution in [2.75, 3.05) is 37.0 Å². The van der Waals surface area contributed by atoms with Crippen LogP contribution in [0.1, 0.15) is 25.3 Å². The third kappa shape index (κ3) is 4.48. The summed E-state index contributed by atoms with van der Waals surface area (Å²) in [5.74, 6) is 1.57. The quantitative estimate of drug-likeness (QED) is 0.855. The lowest BCUT2D eigenvalue weighted by atomic mass is 10.1. The molecule has 3 rings (SSSR count). The summed E-state index contributed by atoms with van der Waals surface area (Å²) < 4.78 is 11.4. The highest BCUT2D eigenvalue weighted by Crippen LogP contribution is 2.31. The number of nitrogens with one attached hydrogen (secondary N) is 1. The number of para-hydroxylation sites is 2. The molecule has 2 aromatic rings. The first-order valence-electron chi connectivity index (χ1n) is 9.16. The Kier molecular flexibility index (Phi) is 6.00. The van der Waals surface area contributed by atoms with E-state index in [0.717, 1.165) is 41.4 Å². The van der Waals surface area contributed by atoms with E-state index in [2.05, 4.69) is 17.1 Å². The lowest BCUT2D eigenvalue weighted by molar-refractivity contribution is -0.116. The van der Waals surface area contributed by atoms with Crippen molar-refractivity contribution in [2.24, 2.45) is 0 Å². The number of rotatable bonds is 6. The Bertz CT molecular complexity index is 761. The van der Waals surface area contributed by atoms with Gasteiger partial charge in [0.1, 0.15) is 0 Å². The minimum atomic E-state index is 0.00839. The Labute approximate surface area is 154 Å². The number of nitrogens with zero attached hydrogens (tertiary/aromatic N) is 1. The number of anilines is 2. The van der Waals surface area contributed by atoms with Crippen molar-refractivity contribution in [1.29, 1.82) is 0 Å². The first-order chi connectivity index (χ1) is 12.7. The van der Waals surface area contributed by atoms with Crippen LogP contribution < -0.4 is 19.7 Å². The van der Waals surface area contributed by atoms with E-state index in [1.807, 2.05) is 49.5 Å². The monoisotopic (exact) mass is 354 g/mol. The van der Waals surface area contributed by atoms with Gasteiger partial charge in [-0.25, -0.2) is 0 Å². The van der Waals surface area contributed by atoms with Crippen LogP contribution in [0.2, 0.25) is 0 Å². The summed E-state index contributed by atoms with van der Waals surface area (Å²) in [6.07, 6.45) is 1.97. The molecule has 1 N–H and O–H groups in total. The number of amides is 1. The molecule has 1 aliphatic rings. The summed E-state index contributed by atoms with van der Waals surface area (Å²) in [4.78, 5) is 14.5. The minimum Gasteiger partial charge on any atom is -0.490 e. The second-order valence-corrected chi connectivity index (χ2v) is 6.41. The zero-order chi connectivity index (χ0) is 18.4. The maximum Gasteiger partial charge on any atom is 0.224 e. The largest absolute Gasteiger partial charge is 0.490 e. The van der Waals surface area contributed by atoms with E-state index in [1.54, 1.807) is 0 Å². The summed E-state index contributed by atoms with van der Waals surface area (Å²) in [7, 11) is 2.02. The van der Waals surface area contributed by atoms with Gasteiger partial charge < -0.3 is 19.7 Å². The average molecular weight is 354 g/mol. The number of carbonyl (C=O) groups excluding carboxylic acids is 1. The molecule has 1 aliphatic heterocycles. The molecule has 0 spiro atoms. The SMILES string of the molecule is CCN(C)c1ccccc1NC(=O)CCc1ccc2c(c1)OCCCO2. The van der Waals surface area contributed by atoms with Crippen LogP contribution in [0.15, 0.2) is 42.5 Å². The fourth-order valence-corrected chi connectivity index (χ4v) is 2.92. The number of hydrogen-bond donors (Lipinski definition) is 1. The van der Waals surface area contributed by atoms with E-state index >= 15 is 0 Å². The van der Waals surface area contributed by atoms with Gasteiger partial charge in [0.15, 0.2) is 11.5 Å². The van der Waals surface area contributed by atoms with Crippen molar-refractivity contribution in [3.8, 4) is 11.5 Å². The molecule has 0 fully saturated rings. The highest BCUT2D eigenvalue weighted by atomic mass is 16.5. The van der Waals surface area contributed by atoms with Crippen LogP contribution >= 0.6 is 0 Å². The van der Waals surface area contributed by atoms with Crippen LogP contribution in [0.25, 0.3) is 0 Å². The van der Waals surface area contributed by atoms with E-state index < -0.39 is 0 Å². The van der Waals surface area contributed by atoms with Crippen molar-refractivity contribution in [1.82, 2.24) is 0 Å². The predicted molar refractivity (Wildman–Crippen MR) is 104 cm³/mol. The number of aryl methyl sites for hydroxylation is 1. The van der Waals surface area contributed by atoms with E-state index in [4.69, 9.17) is 9.47 Å².